The van der Waals surface area contributed by atoms with Gasteiger partial charge >= 0.3 is 5.97 Å². The van der Waals surface area contributed by atoms with Crippen LogP contribution in [0.15, 0.2) is 29.8 Å². The minimum atomic E-state index is -0.671. The lowest BCUT2D eigenvalue weighted by atomic mass is 10.0. The molecule has 0 aliphatic heterocycles. The molecule has 0 fully saturated rings. The number of hydrogen-bond donors (Lipinski definition) is 0. The van der Waals surface area contributed by atoms with Crippen molar-refractivity contribution in [3.05, 3.63) is 41.0 Å². The number of carbonyl (C=O) groups excluding carboxylic acids is 2. The number of nitriles is 1. The van der Waals surface area contributed by atoms with E-state index < -0.39 is 11.8 Å². The molecule has 0 amide bonds. The third-order valence-corrected chi connectivity index (χ3v) is 2.32. The highest BCUT2D eigenvalue weighted by Gasteiger charge is 2.17. The standard InChI is InChI=1S/C15H15NO3/c1-10(2)19-15(18)14(11(3)17)8-12-6-4-5-7-13(12)9-16/h4-8,10H,1-3H3. The Kier molecular flexibility index (Phi) is 5.01. The van der Waals surface area contributed by atoms with Crippen molar-refractivity contribution in [1.82, 2.24) is 0 Å². The summed E-state index contributed by atoms with van der Waals surface area (Å²) >= 11 is 0. The topological polar surface area (TPSA) is 67.2 Å². The van der Waals surface area contributed by atoms with E-state index in [-0.39, 0.29) is 11.7 Å². The Morgan fingerprint density at radius 2 is 1.95 bits per heavy atom. The largest absolute Gasteiger partial charge is 0.459 e. The van der Waals surface area contributed by atoms with Crippen LogP contribution in [0.2, 0.25) is 0 Å². The van der Waals surface area contributed by atoms with Crippen LogP contribution in [-0.4, -0.2) is 17.9 Å². The maximum atomic E-state index is 11.8. The number of benzene rings is 1. The van der Waals surface area contributed by atoms with Gasteiger partial charge in [0.25, 0.3) is 0 Å². The van der Waals surface area contributed by atoms with Crippen LogP contribution in [0.5, 0.6) is 0 Å². The molecule has 1 aromatic rings. The van der Waals surface area contributed by atoms with Gasteiger partial charge in [-0.1, -0.05) is 18.2 Å². The fraction of sp³-hybridized carbons (Fsp3) is 0.267. The van der Waals surface area contributed by atoms with Gasteiger partial charge in [0.15, 0.2) is 5.78 Å². The Bertz CT molecular complexity index is 565. The van der Waals surface area contributed by atoms with E-state index in [1.54, 1.807) is 38.1 Å². The van der Waals surface area contributed by atoms with Crippen LogP contribution in [-0.2, 0) is 14.3 Å². The lowest BCUT2D eigenvalue weighted by Gasteiger charge is -2.09. The number of esters is 1. The molecular formula is C15H15NO3. The summed E-state index contributed by atoms with van der Waals surface area (Å²) in [5, 5.41) is 8.97. The quantitative estimate of drug-likeness (QED) is 0.359. The van der Waals surface area contributed by atoms with Crippen molar-refractivity contribution in [2.75, 3.05) is 0 Å². The van der Waals surface area contributed by atoms with Crippen LogP contribution in [0.1, 0.15) is 31.9 Å². The second kappa shape index (κ2) is 6.50. The predicted octanol–water partition coefficient (Wildman–Crippen LogP) is 2.48. The fourth-order valence-corrected chi connectivity index (χ4v) is 1.46. The van der Waals surface area contributed by atoms with Gasteiger partial charge in [0, 0.05) is 0 Å². The van der Waals surface area contributed by atoms with Crippen molar-refractivity contribution in [3.63, 3.8) is 0 Å². The minimum absolute atomic E-state index is 0.0589. The summed E-state index contributed by atoms with van der Waals surface area (Å²) in [4.78, 5) is 23.3. The average Bonchev–Trinajstić information content (AvgIpc) is 2.34. The van der Waals surface area contributed by atoms with Gasteiger partial charge in [0.2, 0.25) is 0 Å². The summed E-state index contributed by atoms with van der Waals surface area (Å²) in [6.07, 6.45) is 1.09. The molecule has 0 radical (unpaired) electrons. The van der Waals surface area contributed by atoms with Crippen molar-refractivity contribution >= 4 is 17.8 Å². The van der Waals surface area contributed by atoms with Crippen molar-refractivity contribution in [2.24, 2.45) is 0 Å². The zero-order chi connectivity index (χ0) is 14.4. The number of ketones is 1. The highest BCUT2D eigenvalue weighted by atomic mass is 16.5. The molecule has 19 heavy (non-hydrogen) atoms. The summed E-state index contributed by atoms with van der Waals surface area (Å²) in [5.41, 5.74) is 0.867. The first kappa shape index (κ1) is 14.7. The van der Waals surface area contributed by atoms with Gasteiger partial charge in [0.05, 0.1) is 17.7 Å². The molecule has 0 saturated heterocycles. The molecule has 0 aromatic heterocycles. The van der Waals surface area contributed by atoms with E-state index in [9.17, 15) is 9.59 Å². The summed E-state index contributed by atoms with van der Waals surface area (Å²) in [6, 6.07) is 8.76. The molecular weight excluding hydrogens is 242 g/mol. The van der Waals surface area contributed by atoms with Crippen molar-refractivity contribution in [2.45, 2.75) is 26.9 Å². The first-order valence-electron chi connectivity index (χ1n) is 5.88. The Morgan fingerprint density at radius 1 is 1.32 bits per heavy atom. The average molecular weight is 257 g/mol. The van der Waals surface area contributed by atoms with Gasteiger partial charge in [-0.25, -0.2) is 4.79 Å². The minimum Gasteiger partial charge on any atom is -0.459 e. The molecule has 1 aromatic carbocycles. The molecule has 0 heterocycles. The molecule has 0 N–H and O–H groups in total. The normalized spacial score (nSPS) is 11.0. The summed E-state index contributed by atoms with van der Waals surface area (Å²) < 4.78 is 5.01. The second-order valence-electron chi connectivity index (χ2n) is 4.27. The number of carbonyl (C=O) groups is 2. The Hall–Kier alpha value is -2.41. The van der Waals surface area contributed by atoms with Crippen LogP contribution in [0.3, 0.4) is 0 Å². The SMILES string of the molecule is CC(=O)C(=Cc1ccccc1C#N)C(=O)OC(C)C. The molecule has 0 bridgehead atoms. The zero-order valence-corrected chi connectivity index (χ0v) is 11.1. The fourth-order valence-electron chi connectivity index (χ4n) is 1.46. The van der Waals surface area contributed by atoms with Crippen molar-refractivity contribution < 1.29 is 14.3 Å². The first-order valence-corrected chi connectivity index (χ1v) is 5.88. The van der Waals surface area contributed by atoms with Crippen LogP contribution >= 0.6 is 0 Å². The molecule has 0 aliphatic carbocycles. The molecule has 0 spiro atoms. The first-order chi connectivity index (χ1) is 8.95. The van der Waals surface area contributed by atoms with E-state index in [0.717, 1.165) is 0 Å². The highest BCUT2D eigenvalue weighted by molar-refractivity contribution is 6.19. The number of ether oxygens (including phenoxy) is 1. The molecule has 98 valence electrons. The predicted molar refractivity (Wildman–Crippen MR) is 71.0 cm³/mol. The zero-order valence-electron chi connectivity index (χ0n) is 11.1. The molecule has 0 unspecified atom stereocenters. The van der Waals surface area contributed by atoms with Crippen molar-refractivity contribution in [1.29, 1.82) is 5.26 Å². The van der Waals surface area contributed by atoms with Gasteiger partial charge in [-0.15, -0.1) is 0 Å². The van der Waals surface area contributed by atoms with Crippen molar-refractivity contribution in [3.8, 4) is 6.07 Å². The summed E-state index contributed by atoms with van der Waals surface area (Å²) in [6.45, 7) is 4.71. The molecule has 4 nitrogen and oxygen atoms in total. The second-order valence-corrected chi connectivity index (χ2v) is 4.27. The lowest BCUT2D eigenvalue weighted by Crippen LogP contribution is -2.17. The third-order valence-electron chi connectivity index (χ3n) is 2.32. The van der Waals surface area contributed by atoms with Gasteiger partial charge in [-0.3, -0.25) is 4.79 Å². The Labute approximate surface area is 112 Å². The van der Waals surface area contributed by atoms with Crippen LogP contribution in [0, 0.1) is 11.3 Å². The van der Waals surface area contributed by atoms with Gasteiger partial charge in [0.1, 0.15) is 5.57 Å². The smallest absolute Gasteiger partial charge is 0.342 e. The van der Waals surface area contributed by atoms with E-state index in [0.29, 0.717) is 11.1 Å². The molecule has 0 atom stereocenters. The van der Waals surface area contributed by atoms with Crippen LogP contribution in [0.25, 0.3) is 6.08 Å². The monoisotopic (exact) mass is 257 g/mol. The maximum absolute atomic E-state index is 11.8. The van der Waals surface area contributed by atoms with E-state index >= 15 is 0 Å². The lowest BCUT2D eigenvalue weighted by molar-refractivity contribution is -0.143. The summed E-state index contributed by atoms with van der Waals surface area (Å²) in [5.74, 6) is -1.06. The number of rotatable bonds is 4. The number of hydrogen-bond acceptors (Lipinski definition) is 4. The van der Waals surface area contributed by atoms with E-state index in [2.05, 4.69) is 0 Å². The van der Waals surface area contributed by atoms with E-state index in [1.165, 1.54) is 13.0 Å². The molecule has 0 saturated carbocycles. The third kappa shape index (κ3) is 4.07. The Morgan fingerprint density at radius 3 is 2.47 bits per heavy atom. The van der Waals surface area contributed by atoms with Gasteiger partial charge in [-0.05, 0) is 38.5 Å². The molecule has 1 rings (SSSR count). The summed E-state index contributed by atoms with van der Waals surface area (Å²) in [7, 11) is 0. The van der Waals surface area contributed by atoms with Gasteiger partial charge in [-0.2, -0.15) is 5.26 Å². The molecule has 4 heteroatoms. The van der Waals surface area contributed by atoms with E-state index in [1.807, 2.05) is 6.07 Å². The molecule has 0 aliphatic rings. The Balaban J connectivity index is 3.19. The van der Waals surface area contributed by atoms with Crippen LogP contribution in [0.4, 0.5) is 0 Å². The number of Topliss-reactive ketones (excluding diaryl/α,β-unsaturated/α-hetero) is 1. The van der Waals surface area contributed by atoms with Gasteiger partial charge < -0.3 is 4.74 Å². The number of nitrogens with zero attached hydrogens (tertiary/aromatic N) is 1. The maximum Gasteiger partial charge on any atom is 0.342 e. The van der Waals surface area contributed by atoms with E-state index in [4.69, 9.17) is 10.00 Å². The highest BCUT2D eigenvalue weighted by Crippen LogP contribution is 2.14. The van der Waals surface area contributed by atoms with Crippen LogP contribution < -0.4 is 0 Å².